The zero-order valence-corrected chi connectivity index (χ0v) is 20.2. The van der Waals surface area contributed by atoms with Gasteiger partial charge in [0.25, 0.3) is 0 Å². The summed E-state index contributed by atoms with van der Waals surface area (Å²) in [5.41, 5.74) is 0.284. The number of rotatable bonds is 4. The Kier molecular flexibility index (Phi) is 6.97. The summed E-state index contributed by atoms with van der Waals surface area (Å²) < 4.78 is 0. The van der Waals surface area contributed by atoms with Crippen molar-refractivity contribution in [3.05, 3.63) is 41.0 Å². The number of nitrogens with zero attached hydrogens (tertiary/aromatic N) is 5. The quantitative estimate of drug-likeness (QED) is 0.610. The van der Waals surface area contributed by atoms with E-state index in [-0.39, 0.29) is 34.5 Å². The average Bonchev–Trinajstić information content (AvgIpc) is 2.87. The molecule has 186 valence electrons. The van der Waals surface area contributed by atoms with Crippen LogP contribution < -0.4 is 5.32 Å². The highest BCUT2D eigenvalue weighted by Crippen LogP contribution is 2.27. The maximum Gasteiger partial charge on any atom is 0.241 e. The van der Waals surface area contributed by atoms with E-state index in [4.69, 9.17) is 0 Å². The first-order valence-electron chi connectivity index (χ1n) is 11.8. The van der Waals surface area contributed by atoms with Gasteiger partial charge in [0, 0.05) is 72.4 Å². The molecule has 0 radical (unpaired) electrons. The van der Waals surface area contributed by atoms with E-state index in [0.717, 1.165) is 0 Å². The Balaban J connectivity index is 1.59. The predicted octanol–water partition coefficient (Wildman–Crippen LogP) is -0.495. The maximum absolute atomic E-state index is 13.4. The molecule has 1 atom stereocenters. The van der Waals surface area contributed by atoms with Crippen LogP contribution >= 0.6 is 0 Å². The van der Waals surface area contributed by atoms with Crippen molar-refractivity contribution < 1.29 is 24.0 Å². The van der Waals surface area contributed by atoms with E-state index in [9.17, 15) is 24.0 Å². The van der Waals surface area contributed by atoms with Crippen molar-refractivity contribution in [2.24, 2.45) is 0 Å². The van der Waals surface area contributed by atoms with Gasteiger partial charge in [0.15, 0.2) is 0 Å². The molecule has 0 spiro atoms. The molecule has 1 unspecified atom stereocenters. The summed E-state index contributed by atoms with van der Waals surface area (Å²) in [6.07, 6.45) is 1.46. The van der Waals surface area contributed by atoms with Gasteiger partial charge in [-0.25, -0.2) is 0 Å². The van der Waals surface area contributed by atoms with Gasteiger partial charge in [-0.1, -0.05) is 0 Å². The highest BCUT2D eigenvalue weighted by molar-refractivity contribution is 6.26. The van der Waals surface area contributed by atoms with Crippen molar-refractivity contribution in [3.63, 3.8) is 0 Å². The van der Waals surface area contributed by atoms with Crippen LogP contribution in [0.3, 0.4) is 0 Å². The van der Waals surface area contributed by atoms with Gasteiger partial charge in [-0.15, -0.1) is 0 Å². The molecule has 0 aromatic carbocycles. The van der Waals surface area contributed by atoms with Crippen LogP contribution in [0.5, 0.6) is 0 Å². The fourth-order valence-electron chi connectivity index (χ4n) is 4.72. The fourth-order valence-corrected chi connectivity index (χ4v) is 4.72. The number of hydrogen-bond donors (Lipinski definition) is 1. The molecule has 3 heterocycles. The Morgan fingerprint density at radius 3 is 2.03 bits per heavy atom. The number of carbonyl (C=O) groups excluding carboxylic acids is 5. The van der Waals surface area contributed by atoms with Crippen molar-refractivity contribution in [1.82, 2.24) is 29.9 Å². The van der Waals surface area contributed by atoms with Gasteiger partial charge in [0.05, 0.1) is 11.6 Å². The molecule has 0 bridgehead atoms. The minimum Gasteiger partial charge on any atom is -0.363 e. The summed E-state index contributed by atoms with van der Waals surface area (Å²) >= 11 is 0. The first kappa shape index (κ1) is 24.5. The molecule has 1 aromatic heterocycles. The van der Waals surface area contributed by atoms with Crippen LogP contribution in [0, 0.1) is 0 Å². The molecule has 1 aliphatic carbocycles. The monoisotopic (exact) mass is 482 g/mol. The number of fused-ring (bicyclic) bond motifs is 1. The summed E-state index contributed by atoms with van der Waals surface area (Å²) in [5, 5.41) is 2.75. The normalized spacial score (nSPS) is 20.0. The number of amides is 3. The first-order chi connectivity index (χ1) is 16.7. The number of carbonyl (C=O) groups is 5. The fraction of sp³-hybridized carbons (Fsp3) is 0.500. The van der Waals surface area contributed by atoms with E-state index in [2.05, 4.69) is 10.3 Å². The van der Waals surface area contributed by atoms with Crippen LogP contribution in [-0.2, 0) is 14.4 Å². The number of aromatic nitrogens is 1. The molecule has 2 fully saturated rings. The standard InChI is InChI=1S/C24H30N6O5/c1-15(27-7-9-28(10-8-27)16(2)31)24(35)26-20-21(30-13-11-29(12-14-30)17(3)32)23(34)19-18(22(20)33)5-4-6-25-19/h4-6,15H,7-14H2,1-3H3,(H,26,35). The van der Waals surface area contributed by atoms with E-state index in [1.165, 1.54) is 26.1 Å². The molecule has 3 amide bonds. The van der Waals surface area contributed by atoms with Gasteiger partial charge >= 0.3 is 0 Å². The van der Waals surface area contributed by atoms with Gasteiger partial charge in [-0.2, -0.15) is 0 Å². The maximum atomic E-state index is 13.4. The lowest BCUT2D eigenvalue weighted by Gasteiger charge is -2.39. The molecule has 1 N–H and O–H groups in total. The second-order valence-electron chi connectivity index (χ2n) is 8.98. The largest absolute Gasteiger partial charge is 0.363 e. The third-order valence-electron chi connectivity index (χ3n) is 6.92. The lowest BCUT2D eigenvalue weighted by Crippen LogP contribution is -2.55. The van der Waals surface area contributed by atoms with Crippen LogP contribution in [0.15, 0.2) is 29.7 Å². The minimum atomic E-state index is -0.564. The third-order valence-corrected chi connectivity index (χ3v) is 6.92. The molecular formula is C24H30N6O5. The van der Waals surface area contributed by atoms with Gasteiger partial charge in [0.1, 0.15) is 17.1 Å². The Labute approximate surface area is 203 Å². The summed E-state index contributed by atoms with van der Waals surface area (Å²) in [5.74, 6) is -1.33. The highest BCUT2D eigenvalue weighted by atomic mass is 16.2. The van der Waals surface area contributed by atoms with E-state index in [0.29, 0.717) is 52.4 Å². The molecular weight excluding hydrogens is 452 g/mol. The molecule has 0 saturated carbocycles. The van der Waals surface area contributed by atoms with Crippen LogP contribution in [0.1, 0.15) is 41.6 Å². The van der Waals surface area contributed by atoms with Crippen molar-refractivity contribution in [2.45, 2.75) is 26.8 Å². The molecule has 2 saturated heterocycles. The van der Waals surface area contributed by atoms with Gasteiger partial charge in [-0.05, 0) is 19.1 Å². The second kappa shape index (κ2) is 9.95. The van der Waals surface area contributed by atoms with E-state index < -0.39 is 23.5 Å². The second-order valence-corrected chi connectivity index (χ2v) is 8.98. The Morgan fingerprint density at radius 2 is 1.46 bits per heavy atom. The van der Waals surface area contributed by atoms with E-state index in [1.807, 2.05) is 4.90 Å². The lowest BCUT2D eigenvalue weighted by molar-refractivity contribution is -0.132. The first-order valence-corrected chi connectivity index (χ1v) is 11.8. The highest BCUT2D eigenvalue weighted by Gasteiger charge is 2.39. The predicted molar refractivity (Wildman–Crippen MR) is 125 cm³/mol. The van der Waals surface area contributed by atoms with E-state index in [1.54, 1.807) is 27.7 Å². The molecule has 3 aliphatic rings. The van der Waals surface area contributed by atoms with Gasteiger partial charge in [0.2, 0.25) is 29.3 Å². The number of Topliss-reactive ketones (excluding diaryl/α,β-unsaturated/α-hetero) is 2. The zero-order valence-electron chi connectivity index (χ0n) is 20.2. The van der Waals surface area contributed by atoms with Crippen LogP contribution in [0.4, 0.5) is 0 Å². The lowest BCUT2D eigenvalue weighted by atomic mass is 9.93. The van der Waals surface area contributed by atoms with Crippen LogP contribution in [0.2, 0.25) is 0 Å². The smallest absolute Gasteiger partial charge is 0.241 e. The molecule has 1 aromatic rings. The zero-order chi connectivity index (χ0) is 25.3. The number of ketones is 2. The SMILES string of the molecule is CC(=O)N1CCN(C2=C(NC(=O)C(C)N3CCN(C(C)=O)CC3)C(=O)c3cccnc3C2=O)CC1. The molecule has 2 aliphatic heterocycles. The summed E-state index contributed by atoms with van der Waals surface area (Å²) in [6.45, 7) is 8.42. The number of nitrogens with one attached hydrogen (secondary N) is 1. The Morgan fingerprint density at radius 1 is 0.886 bits per heavy atom. The number of hydrogen-bond acceptors (Lipinski definition) is 8. The number of piperazine rings is 2. The summed E-state index contributed by atoms with van der Waals surface area (Å²) in [6, 6.07) is 2.55. The van der Waals surface area contributed by atoms with Crippen LogP contribution in [-0.4, -0.2) is 112 Å². The number of pyridine rings is 1. The van der Waals surface area contributed by atoms with Crippen molar-refractivity contribution in [2.75, 3.05) is 52.4 Å². The minimum absolute atomic E-state index is 0.0000108. The Hall–Kier alpha value is -3.60. The summed E-state index contributed by atoms with van der Waals surface area (Å²) in [7, 11) is 0. The topological polar surface area (TPSA) is 123 Å². The van der Waals surface area contributed by atoms with Gasteiger partial charge < -0.3 is 20.0 Å². The number of allylic oxidation sites excluding steroid dienone is 2. The summed E-state index contributed by atoms with van der Waals surface area (Å²) in [4.78, 5) is 74.7. The van der Waals surface area contributed by atoms with Crippen molar-refractivity contribution in [1.29, 1.82) is 0 Å². The van der Waals surface area contributed by atoms with Crippen molar-refractivity contribution in [3.8, 4) is 0 Å². The molecule has 11 heteroatoms. The van der Waals surface area contributed by atoms with E-state index >= 15 is 0 Å². The average molecular weight is 483 g/mol. The Bertz CT molecular complexity index is 1100. The van der Waals surface area contributed by atoms with Crippen molar-refractivity contribution >= 4 is 29.3 Å². The molecule has 11 nitrogen and oxygen atoms in total. The molecule has 4 rings (SSSR count). The molecule has 35 heavy (non-hydrogen) atoms. The van der Waals surface area contributed by atoms with Gasteiger partial charge in [-0.3, -0.25) is 33.9 Å². The van der Waals surface area contributed by atoms with Crippen LogP contribution in [0.25, 0.3) is 0 Å². The third kappa shape index (κ3) is 4.81.